The number of hydrogen-bond donors (Lipinski definition) is 11. The topological polar surface area (TPSA) is 331 Å². The molecular weight excluding hydrogens is 780 g/mol. The number of carbonyl (C=O) groups is 2. The van der Waals surface area contributed by atoms with Gasteiger partial charge in [0, 0.05) is 13.0 Å². The summed E-state index contributed by atoms with van der Waals surface area (Å²) in [4.78, 5) is 25.5. The molecule has 0 bridgehead atoms. The van der Waals surface area contributed by atoms with E-state index in [1.807, 2.05) is 0 Å². The van der Waals surface area contributed by atoms with E-state index in [1.165, 1.54) is 43.3 Å². The number of aromatic hydroxyl groups is 4. The third-order valence-corrected chi connectivity index (χ3v) is 9.66. The van der Waals surface area contributed by atoms with E-state index in [1.54, 1.807) is 0 Å². The van der Waals surface area contributed by atoms with Gasteiger partial charge in [-0.15, -0.1) is 0 Å². The van der Waals surface area contributed by atoms with Crippen molar-refractivity contribution in [3.63, 3.8) is 0 Å². The van der Waals surface area contributed by atoms with Crippen LogP contribution in [0.25, 0.3) is 6.08 Å². The number of aliphatic hydroxyl groups excluding tert-OH is 7. The van der Waals surface area contributed by atoms with Crippen LogP contribution in [0.1, 0.15) is 25.0 Å². The number of ether oxygens (including phenoxy) is 8. The molecule has 0 amide bonds. The number of rotatable bonds is 14. The average Bonchev–Trinajstić information content (AvgIpc) is 3.18. The number of benzene rings is 2. The van der Waals surface area contributed by atoms with E-state index < -0.39 is 135 Å². The number of phenolic OH excluding ortho intramolecular Hbond substituents is 4. The van der Waals surface area contributed by atoms with E-state index in [2.05, 4.69) is 0 Å². The van der Waals surface area contributed by atoms with Gasteiger partial charge in [-0.25, -0.2) is 4.79 Å². The maximum atomic E-state index is 13.5. The smallest absolute Gasteiger partial charge is 0.331 e. The quantitative estimate of drug-likeness (QED) is 0.0527. The fraction of sp³-hybridized carbons (Fsp3) is 0.568. The number of phenols is 4. The molecule has 3 saturated heterocycles. The summed E-state index contributed by atoms with van der Waals surface area (Å²) >= 11 is 0. The zero-order chi connectivity index (χ0) is 42.4. The van der Waals surface area contributed by atoms with Gasteiger partial charge in [0.15, 0.2) is 48.0 Å². The van der Waals surface area contributed by atoms with E-state index in [0.717, 1.165) is 19.1 Å². The summed E-state index contributed by atoms with van der Waals surface area (Å²) in [7, 11) is 0. The highest BCUT2D eigenvalue weighted by molar-refractivity contribution is 5.87. The molecule has 11 N–H and O–H groups in total. The first kappa shape index (κ1) is 44.9. The van der Waals surface area contributed by atoms with E-state index in [4.69, 9.17) is 37.9 Å². The zero-order valence-electron chi connectivity index (χ0n) is 31.1. The predicted molar refractivity (Wildman–Crippen MR) is 189 cm³/mol. The van der Waals surface area contributed by atoms with Crippen molar-refractivity contribution in [1.29, 1.82) is 0 Å². The summed E-state index contributed by atoms with van der Waals surface area (Å²) in [6, 6.07) is 7.68. The lowest BCUT2D eigenvalue weighted by Crippen LogP contribution is -2.67. The molecule has 3 fully saturated rings. The van der Waals surface area contributed by atoms with Gasteiger partial charge < -0.3 is 94.1 Å². The molecule has 21 nitrogen and oxygen atoms in total. The lowest BCUT2D eigenvalue weighted by atomic mass is 9.96. The highest BCUT2D eigenvalue weighted by Crippen LogP contribution is 2.36. The molecule has 58 heavy (non-hydrogen) atoms. The van der Waals surface area contributed by atoms with E-state index >= 15 is 0 Å². The first-order valence-corrected chi connectivity index (χ1v) is 18.1. The van der Waals surface area contributed by atoms with Crippen molar-refractivity contribution in [2.45, 2.75) is 112 Å². The van der Waals surface area contributed by atoms with Crippen LogP contribution in [0.4, 0.5) is 0 Å². The Kier molecular flexibility index (Phi) is 15.2. The summed E-state index contributed by atoms with van der Waals surface area (Å²) in [6.45, 7) is 0.726. The second-order valence-corrected chi connectivity index (χ2v) is 13.9. The first-order valence-electron chi connectivity index (χ1n) is 18.1. The molecule has 0 saturated carbocycles. The highest BCUT2D eigenvalue weighted by atomic mass is 16.8. The molecule has 2 aromatic rings. The Morgan fingerprint density at radius 3 is 1.93 bits per heavy atom. The first-order chi connectivity index (χ1) is 27.5. The van der Waals surface area contributed by atoms with Crippen molar-refractivity contribution >= 4 is 18.0 Å². The highest BCUT2D eigenvalue weighted by Gasteiger charge is 2.56. The van der Waals surface area contributed by atoms with E-state index in [0.29, 0.717) is 5.56 Å². The summed E-state index contributed by atoms with van der Waals surface area (Å²) < 4.78 is 46.9. The van der Waals surface area contributed by atoms with Gasteiger partial charge in [0.2, 0.25) is 0 Å². The summed E-state index contributed by atoms with van der Waals surface area (Å²) in [5, 5.41) is 113. The molecule has 0 aliphatic carbocycles. The van der Waals surface area contributed by atoms with Crippen LogP contribution in [0.3, 0.4) is 0 Å². The number of aliphatic hydroxyl groups is 7. The van der Waals surface area contributed by atoms with E-state index in [-0.39, 0.29) is 24.3 Å². The monoisotopic (exact) mass is 828 g/mol. The number of hydrogen-bond acceptors (Lipinski definition) is 21. The predicted octanol–water partition coefficient (Wildman–Crippen LogP) is -2.62. The van der Waals surface area contributed by atoms with Crippen LogP contribution in [0.2, 0.25) is 0 Å². The lowest BCUT2D eigenvalue weighted by molar-refractivity contribution is -0.390. The number of esters is 2. The fourth-order valence-corrected chi connectivity index (χ4v) is 6.40. The Hall–Kier alpha value is -4.20. The van der Waals surface area contributed by atoms with Gasteiger partial charge in [-0.1, -0.05) is 12.1 Å². The van der Waals surface area contributed by atoms with Crippen molar-refractivity contribution in [2.75, 3.05) is 19.8 Å². The minimum Gasteiger partial charge on any atom is -0.504 e. The maximum absolute atomic E-state index is 13.5. The molecule has 0 aromatic heterocycles. The zero-order valence-corrected chi connectivity index (χ0v) is 31.1. The Labute approximate surface area is 330 Å². The lowest BCUT2D eigenvalue weighted by Gasteiger charge is -2.49. The molecule has 3 aliphatic heterocycles. The Morgan fingerprint density at radius 1 is 0.690 bits per heavy atom. The molecule has 3 aliphatic rings. The van der Waals surface area contributed by atoms with Gasteiger partial charge in [0.05, 0.1) is 19.3 Å². The van der Waals surface area contributed by atoms with Gasteiger partial charge in [0.1, 0.15) is 67.6 Å². The van der Waals surface area contributed by atoms with Crippen molar-refractivity contribution in [1.82, 2.24) is 0 Å². The molecule has 15 atom stereocenters. The standard InChI is InChI=1S/C37H48O21/c1-15-26(45)28(47)30(49)35(53-15)57-33-32(56-25(44)8-5-17-3-6-19(40)21(42)11-17)24(14-52-16(2)39)55-37(51-10-9-18-4-7-20(41)22(43)12-18)34(33)58-36-31(50)29(48)27(46)23(13-38)54-36/h3-8,11-12,15,23-24,26-38,40-43,45-50H,9-10,13-14H2,1-2H3/b8-5+/t15?,23?,24?,26-,27-,28?,29?,30+,31+,32-,33?,34+,35+,36+,37-/m1/s1. The van der Waals surface area contributed by atoms with Crippen LogP contribution in [0.5, 0.6) is 23.0 Å². The third-order valence-electron chi connectivity index (χ3n) is 9.66. The molecule has 2 aromatic carbocycles. The Bertz CT molecular complexity index is 1720. The second kappa shape index (κ2) is 19.7. The Morgan fingerprint density at radius 2 is 1.29 bits per heavy atom. The molecular formula is C37H48O21. The SMILES string of the molecule is CC(=O)OCC1O[C@@H](OCCc2ccc(O)c(O)c2)[C@@H](O[C@@H]2OC(CO)[C@@H](O)C(O)[C@@H]2O)C(O[C@@H]2OC(C)[C@@H](O)C(O)[C@@H]2O)[C@@H]1OC(=O)/C=C/c1ccc(O)c(O)c1. The normalized spacial score (nSPS) is 35.4. The minimum atomic E-state index is -2.00. The second-order valence-electron chi connectivity index (χ2n) is 13.9. The summed E-state index contributed by atoms with van der Waals surface area (Å²) in [5.74, 6) is -3.60. The van der Waals surface area contributed by atoms with Crippen LogP contribution in [0.15, 0.2) is 42.5 Å². The van der Waals surface area contributed by atoms with Crippen LogP contribution in [-0.2, 0) is 53.9 Å². The molecule has 0 radical (unpaired) electrons. The van der Waals surface area contributed by atoms with Crippen molar-refractivity contribution < 1.29 is 104 Å². The van der Waals surface area contributed by atoms with Crippen molar-refractivity contribution in [3.8, 4) is 23.0 Å². The maximum Gasteiger partial charge on any atom is 0.331 e. The summed E-state index contributed by atoms with van der Waals surface area (Å²) in [5.41, 5.74) is 0.721. The van der Waals surface area contributed by atoms with Gasteiger partial charge >= 0.3 is 11.9 Å². The van der Waals surface area contributed by atoms with Crippen LogP contribution < -0.4 is 0 Å². The third kappa shape index (κ3) is 10.7. The van der Waals surface area contributed by atoms with Crippen molar-refractivity contribution in [3.05, 3.63) is 53.6 Å². The fourth-order valence-electron chi connectivity index (χ4n) is 6.40. The minimum absolute atomic E-state index is 0.0582. The van der Waals surface area contributed by atoms with Gasteiger partial charge in [-0.05, 0) is 54.8 Å². The van der Waals surface area contributed by atoms with Gasteiger partial charge in [0.25, 0.3) is 0 Å². The van der Waals surface area contributed by atoms with E-state index in [9.17, 15) is 65.8 Å². The van der Waals surface area contributed by atoms with Crippen LogP contribution in [0, 0.1) is 0 Å². The average molecular weight is 829 g/mol. The van der Waals surface area contributed by atoms with Crippen LogP contribution >= 0.6 is 0 Å². The largest absolute Gasteiger partial charge is 0.504 e. The molecule has 322 valence electrons. The molecule has 3 heterocycles. The van der Waals surface area contributed by atoms with Gasteiger partial charge in [-0.2, -0.15) is 0 Å². The summed E-state index contributed by atoms with van der Waals surface area (Å²) in [6.07, 6.45) is -23.7. The van der Waals surface area contributed by atoms with Crippen molar-refractivity contribution in [2.24, 2.45) is 0 Å². The number of carbonyl (C=O) groups excluding carboxylic acids is 2. The van der Waals surface area contributed by atoms with Crippen LogP contribution in [-0.4, -0.2) is 180 Å². The molecule has 6 unspecified atom stereocenters. The molecule has 5 rings (SSSR count). The molecule has 0 spiro atoms. The Balaban J connectivity index is 1.55. The molecule has 21 heteroatoms. The van der Waals surface area contributed by atoms with Gasteiger partial charge in [-0.3, -0.25) is 4.79 Å².